The summed E-state index contributed by atoms with van der Waals surface area (Å²) in [6.07, 6.45) is 3.08. The Balaban J connectivity index is 1.76. The lowest BCUT2D eigenvalue weighted by atomic mass is 10.1. The van der Waals surface area contributed by atoms with Gasteiger partial charge in [0.1, 0.15) is 17.3 Å². The summed E-state index contributed by atoms with van der Waals surface area (Å²) in [7, 11) is 1.57. The van der Waals surface area contributed by atoms with Gasteiger partial charge >= 0.3 is 0 Å². The zero-order chi connectivity index (χ0) is 17.8. The Morgan fingerprint density at radius 2 is 1.80 bits per heavy atom. The first-order valence-electron chi connectivity index (χ1n) is 7.74. The largest absolute Gasteiger partial charge is 0.496 e. The molecule has 0 spiro atoms. The minimum Gasteiger partial charge on any atom is -0.496 e. The fourth-order valence-corrected chi connectivity index (χ4v) is 2.82. The predicted octanol–water partition coefficient (Wildman–Crippen LogP) is 4.50. The van der Waals surface area contributed by atoms with Crippen molar-refractivity contribution in [3.8, 4) is 5.75 Å². The van der Waals surface area contributed by atoms with Crippen LogP contribution in [0.25, 0.3) is 6.08 Å². The van der Waals surface area contributed by atoms with Crippen LogP contribution in [0.4, 0.5) is 0 Å². The molecule has 0 aliphatic carbocycles. The number of hydrogen-bond acceptors (Lipinski definition) is 3. The van der Waals surface area contributed by atoms with E-state index in [9.17, 15) is 4.79 Å². The number of hydrogen-bond donors (Lipinski definition) is 1. The zero-order valence-corrected chi connectivity index (χ0v) is 15.1. The lowest BCUT2D eigenvalue weighted by Crippen LogP contribution is -2.24. The monoisotopic (exact) mass is 374 g/mol. The number of amidine groups is 1. The van der Waals surface area contributed by atoms with E-state index in [2.05, 4.69) is 10.3 Å². The number of methoxy groups -OCH3 is 1. The molecule has 4 nitrogen and oxygen atoms in total. The number of ether oxygens (including phenoxy) is 1. The summed E-state index contributed by atoms with van der Waals surface area (Å²) < 4.78 is 5.29. The van der Waals surface area contributed by atoms with Gasteiger partial charge in [-0.05, 0) is 48.4 Å². The second-order valence-electron chi connectivity index (χ2n) is 5.55. The first-order valence-corrected chi connectivity index (χ1v) is 8.49. The van der Waals surface area contributed by atoms with E-state index < -0.39 is 0 Å². The molecular weight excluding hydrogens is 359 g/mol. The summed E-state index contributed by atoms with van der Waals surface area (Å²) in [5, 5.41) is 4.07. The fourth-order valence-electron chi connectivity index (χ4n) is 2.51. The van der Waals surface area contributed by atoms with Crippen LogP contribution in [0.15, 0.2) is 53.2 Å². The van der Waals surface area contributed by atoms with Crippen molar-refractivity contribution in [1.82, 2.24) is 5.32 Å². The maximum atomic E-state index is 12.1. The van der Waals surface area contributed by atoms with Gasteiger partial charge in [0.25, 0.3) is 5.91 Å². The van der Waals surface area contributed by atoms with Crippen LogP contribution < -0.4 is 10.1 Å². The summed E-state index contributed by atoms with van der Waals surface area (Å²) in [6, 6.07) is 12.9. The number of rotatable bonds is 5. The molecule has 0 fully saturated rings. The average Bonchev–Trinajstić information content (AvgIpc) is 2.94. The summed E-state index contributed by atoms with van der Waals surface area (Å²) in [6.45, 7) is 0. The van der Waals surface area contributed by atoms with Crippen LogP contribution in [0, 0.1) is 0 Å². The maximum Gasteiger partial charge on any atom is 0.275 e. The highest BCUT2D eigenvalue weighted by Gasteiger charge is 2.20. The highest BCUT2D eigenvalue weighted by molar-refractivity contribution is 6.31. The Hall–Kier alpha value is -2.30. The van der Waals surface area contributed by atoms with Crippen molar-refractivity contribution in [2.24, 2.45) is 4.99 Å². The number of halogens is 2. The highest BCUT2D eigenvalue weighted by atomic mass is 35.5. The predicted molar refractivity (Wildman–Crippen MR) is 101 cm³/mol. The normalized spacial score (nSPS) is 15.2. The van der Waals surface area contributed by atoms with Crippen LogP contribution in [0.1, 0.15) is 17.5 Å². The van der Waals surface area contributed by atoms with Crippen molar-refractivity contribution in [2.75, 3.05) is 7.11 Å². The van der Waals surface area contributed by atoms with Gasteiger partial charge in [-0.1, -0.05) is 35.3 Å². The van der Waals surface area contributed by atoms with E-state index in [0.717, 1.165) is 12.0 Å². The average molecular weight is 375 g/mol. The molecule has 0 atom stereocenters. The number of amides is 1. The molecule has 2 aromatic rings. The Labute approximate surface area is 156 Å². The van der Waals surface area contributed by atoms with Gasteiger partial charge < -0.3 is 10.1 Å². The molecule has 1 amide bonds. The van der Waals surface area contributed by atoms with Crippen molar-refractivity contribution in [3.63, 3.8) is 0 Å². The number of benzene rings is 2. The number of nitrogens with zero attached hydrogens (tertiary/aromatic N) is 1. The molecule has 6 heteroatoms. The van der Waals surface area contributed by atoms with Crippen molar-refractivity contribution in [1.29, 1.82) is 0 Å². The summed E-state index contributed by atoms with van der Waals surface area (Å²) in [5.74, 6) is 1.05. The molecular formula is C19H16Cl2N2O2. The minimum atomic E-state index is -0.229. The second-order valence-corrected chi connectivity index (χ2v) is 6.43. The van der Waals surface area contributed by atoms with Crippen LogP contribution in [-0.2, 0) is 11.2 Å². The maximum absolute atomic E-state index is 12.1. The lowest BCUT2D eigenvalue weighted by Gasteiger charge is -2.05. The van der Waals surface area contributed by atoms with Gasteiger partial charge in [-0.2, -0.15) is 0 Å². The molecule has 0 saturated heterocycles. The molecule has 0 aromatic heterocycles. The quantitative estimate of drug-likeness (QED) is 0.783. The minimum absolute atomic E-state index is 0.229. The number of nitrogens with one attached hydrogen (secondary N) is 1. The second kappa shape index (κ2) is 7.72. The molecule has 1 N–H and O–H groups in total. The fraction of sp³-hybridized carbons (Fsp3) is 0.158. The van der Waals surface area contributed by atoms with Crippen LogP contribution >= 0.6 is 23.2 Å². The van der Waals surface area contributed by atoms with Crippen molar-refractivity contribution in [3.05, 3.63) is 69.3 Å². The molecule has 1 heterocycles. The number of carbonyl (C=O) groups is 1. The molecule has 128 valence electrons. The van der Waals surface area contributed by atoms with E-state index in [4.69, 9.17) is 27.9 Å². The number of aryl methyl sites for hydroxylation is 1. The molecule has 2 aromatic carbocycles. The van der Waals surface area contributed by atoms with E-state index in [-0.39, 0.29) is 5.91 Å². The lowest BCUT2D eigenvalue weighted by molar-refractivity contribution is -0.115. The Kier molecular flexibility index (Phi) is 5.41. The third-order valence-corrected chi connectivity index (χ3v) is 4.28. The first kappa shape index (κ1) is 17.5. The van der Waals surface area contributed by atoms with Crippen molar-refractivity contribution >= 4 is 41.0 Å². The Morgan fingerprint density at radius 1 is 1.08 bits per heavy atom. The molecule has 0 radical (unpaired) electrons. The van der Waals surface area contributed by atoms with Crippen LogP contribution in [-0.4, -0.2) is 18.9 Å². The van der Waals surface area contributed by atoms with Gasteiger partial charge in [0.05, 0.1) is 7.11 Å². The first-order chi connectivity index (χ1) is 12.0. The van der Waals surface area contributed by atoms with E-state index in [0.29, 0.717) is 39.3 Å². The standard InChI is InChI=1S/C19H16Cl2N2O2/c1-25-17-8-7-15(21)10-13(17)11-16-19(24)23-18(22-16)9-4-12-2-5-14(20)6-3-12/h2-3,5-8,10-11H,4,9H2,1H3,(H,22,23,24)/b16-11+. The van der Waals surface area contributed by atoms with Crippen molar-refractivity contribution in [2.45, 2.75) is 12.8 Å². The highest BCUT2D eigenvalue weighted by Crippen LogP contribution is 2.26. The van der Waals surface area contributed by atoms with Crippen LogP contribution in [0.5, 0.6) is 5.75 Å². The smallest absolute Gasteiger partial charge is 0.275 e. The van der Waals surface area contributed by atoms with Gasteiger partial charge in [-0.25, -0.2) is 4.99 Å². The van der Waals surface area contributed by atoms with Gasteiger partial charge in [0.2, 0.25) is 0 Å². The van der Waals surface area contributed by atoms with E-state index >= 15 is 0 Å². The molecule has 25 heavy (non-hydrogen) atoms. The van der Waals surface area contributed by atoms with Crippen LogP contribution in [0.2, 0.25) is 10.0 Å². The van der Waals surface area contributed by atoms with E-state index in [1.165, 1.54) is 0 Å². The topological polar surface area (TPSA) is 50.7 Å². The molecule has 0 saturated carbocycles. The number of carbonyl (C=O) groups excluding carboxylic acids is 1. The van der Waals surface area contributed by atoms with E-state index in [1.807, 2.05) is 24.3 Å². The third-order valence-electron chi connectivity index (χ3n) is 3.79. The number of aliphatic imine (C=N–C) groups is 1. The van der Waals surface area contributed by atoms with Gasteiger partial charge in [-0.3, -0.25) is 4.79 Å². The SMILES string of the molecule is COc1ccc(Cl)cc1/C=C1/N=C(CCc2ccc(Cl)cc2)NC1=O. The summed E-state index contributed by atoms with van der Waals surface area (Å²) in [5.41, 5.74) is 2.19. The van der Waals surface area contributed by atoms with Crippen molar-refractivity contribution < 1.29 is 9.53 Å². The van der Waals surface area contributed by atoms with E-state index in [1.54, 1.807) is 31.4 Å². The molecule has 1 aliphatic rings. The summed E-state index contributed by atoms with van der Waals surface area (Å²) in [4.78, 5) is 16.5. The molecule has 0 unspecified atom stereocenters. The molecule has 0 bridgehead atoms. The van der Waals surface area contributed by atoms with Gasteiger partial charge in [0.15, 0.2) is 0 Å². The van der Waals surface area contributed by atoms with Crippen LogP contribution in [0.3, 0.4) is 0 Å². The van der Waals surface area contributed by atoms with Gasteiger partial charge in [0, 0.05) is 22.0 Å². The molecule has 3 rings (SSSR count). The van der Waals surface area contributed by atoms with Gasteiger partial charge in [-0.15, -0.1) is 0 Å². The molecule has 1 aliphatic heterocycles. The Morgan fingerprint density at radius 3 is 2.52 bits per heavy atom. The Bertz CT molecular complexity index is 858. The third kappa shape index (κ3) is 4.41. The summed E-state index contributed by atoms with van der Waals surface area (Å²) >= 11 is 11.9. The zero-order valence-electron chi connectivity index (χ0n) is 13.6.